The number of hydrogen-bond acceptors (Lipinski definition) is 1. The highest BCUT2D eigenvalue weighted by Crippen LogP contribution is 2.73. The minimum absolute atomic E-state index is 0.199. The molecule has 2 fully saturated rings. The molecule has 64 valence electrons. The highest BCUT2D eigenvalue weighted by molar-refractivity contribution is 9.25. The van der Waals surface area contributed by atoms with Crippen LogP contribution in [-0.2, 0) is 4.74 Å². The SMILES string of the molecule is COC1CCCC12CC2(Br)Br. The van der Waals surface area contributed by atoms with Crippen LogP contribution >= 0.6 is 31.9 Å². The van der Waals surface area contributed by atoms with Gasteiger partial charge in [-0.3, -0.25) is 0 Å². The molecule has 0 radical (unpaired) electrons. The first-order valence-corrected chi connectivity index (χ1v) is 5.62. The monoisotopic (exact) mass is 282 g/mol. The van der Waals surface area contributed by atoms with Crippen LogP contribution in [0.2, 0.25) is 0 Å². The van der Waals surface area contributed by atoms with Crippen LogP contribution in [0.1, 0.15) is 25.7 Å². The average Bonchev–Trinajstić information content (AvgIpc) is 2.38. The van der Waals surface area contributed by atoms with E-state index in [2.05, 4.69) is 31.9 Å². The van der Waals surface area contributed by atoms with Gasteiger partial charge < -0.3 is 4.74 Å². The van der Waals surface area contributed by atoms with Crippen LogP contribution in [0, 0.1) is 5.41 Å². The van der Waals surface area contributed by atoms with E-state index in [-0.39, 0.29) is 3.23 Å². The molecule has 2 saturated carbocycles. The minimum atomic E-state index is 0.199. The summed E-state index contributed by atoms with van der Waals surface area (Å²) < 4.78 is 5.66. The van der Waals surface area contributed by atoms with E-state index in [4.69, 9.17) is 4.74 Å². The minimum Gasteiger partial charge on any atom is -0.381 e. The number of rotatable bonds is 1. The first-order chi connectivity index (χ1) is 5.12. The molecule has 3 heteroatoms. The van der Waals surface area contributed by atoms with Gasteiger partial charge in [0.15, 0.2) is 0 Å². The van der Waals surface area contributed by atoms with Crippen LogP contribution in [0.3, 0.4) is 0 Å². The predicted octanol–water partition coefficient (Wildman–Crippen LogP) is 3.06. The highest BCUT2D eigenvalue weighted by Gasteiger charge is 2.70. The Labute approximate surface area is 84.1 Å². The average molecular weight is 284 g/mol. The van der Waals surface area contributed by atoms with E-state index in [1.54, 1.807) is 0 Å². The molecule has 0 amide bonds. The maximum absolute atomic E-state index is 5.46. The van der Waals surface area contributed by atoms with Crippen molar-refractivity contribution in [2.75, 3.05) is 7.11 Å². The molecule has 0 aromatic carbocycles. The fourth-order valence-electron chi connectivity index (χ4n) is 2.36. The fourth-order valence-corrected chi connectivity index (χ4v) is 4.26. The quantitative estimate of drug-likeness (QED) is 0.672. The van der Waals surface area contributed by atoms with E-state index in [0.29, 0.717) is 11.5 Å². The molecule has 2 aliphatic carbocycles. The van der Waals surface area contributed by atoms with Gasteiger partial charge in [0.2, 0.25) is 0 Å². The standard InChI is InChI=1S/C8H12Br2O/c1-11-6-3-2-4-7(6)5-8(7,9)10/h6H,2-5H2,1H3. The molecule has 2 atom stereocenters. The number of hydrogen-bond donors (Lipinski definition) is 0. The maximum atomic E-state index is 5.46. The molecule has 0 bridgehead atoms. The third kappa shape index (κ3) is 1.04. The lowest BCUT2D eigenvalue weighted by atomic mass is 10.0. The summed E-state index contributed by atoms with van der Waals surface area (Å²) in [7, 11) is 1.83. The van der Waals surface area contributed by atoms with Gasteiger partial charge in [-0.05, 0) is 19.3 Å². The van der Waals surface area contributed by atoms with E-state index in [1.165, 1.54) is 25.7 Å². The number of ether oxygens (including phenoxy) is 1. The van der Waals surface area contributed by atoms with Gasteiger partial charge in [0.05, 0.1) is 9.34 Å². The predicted molar refractivity (Wildman–Crippen MR) is 52.3 cm³/mol. The molecule has 0 aromatic heterocycles. The van der Waals surface area contributed by atoms with Crippen molar-refractivity contribution in [1.29, 1.82) is 0 Å². The summed E-state index contributed by atoms with van der Waals surface area (Å²) in [5, 5.41) is 0. The van der Waals surface area contributed by atoms with Crippen LogP contribution in [0.25, 0.3) is 0 Å². The summed E-state index contributed by atoms with van der Waals surface area (Å²) in [5.74, 6) is 0. The third-order valence-corrected chi connectivity index (χ3v) is 5.27. The van der Waals surface area contributed by atoms with E-state index in [1.807, 2.05) is 7.11 Å². The first-order valence-electron chi connectivity index (χ1n) is 4.03. The van der Waals surface area contributed by atoms with Crippen molar-refractivity contribution in [1.82, 2.24) is 0 Å². The first kappa shape index (κ1) is 8.52. The number of alkyl halides is 2. The zero-order chi connectivity index (χ0) is 8.11. The lowest BCUT2D eigenvalue weighted by Gasteiger charge is -2.19. The van der Waals surface area contributed by atoms with Crippen molar-refractivity contribution in [3.63, 3.8) is 0 Å². The summed E-state index contributed by atoms with van der Waals surface area (Å²) in [4.78, 5) is 0. The largest absolute Gasteiger partial charge is 0.381 e. The molecular weight excluding hydrogens is 272 g/mol. The maximum Gasteiger partial charge on any atom is 0.0894 e. The van der Waals surface area contributed by atoms with E-state index in [9.17, 15) is 0 Å². The molecule has 0 aliphatic heterocycles. The summed E-state index contributed by atoms with van der Waals surface area (Å²) >= 11 is 7.38. The second-order valence-electron chi connectivity index (χ2n) is 3.65. The van der Waals surface area contributed by atoms with Gasteiger partial charge in [-0.15, -0.1) is 0 Å². The number of methoxy groups -OCH3 is 1. The molecule has 0 saturated heterocycles. The van der Waals surface area contributed by atoms with Gasteiger partial charge in [-0.2, -0.15) is 0 Å². The van der Waals surface area contributed by atoms with Crippen LogP contribution in [0.5, 0.6) is 0 Å². The van der Waals surface area contributed by atoms with E-state index >= 15 is 0 Å². The van der Waals surface area contributed by atoms with Gasteiger partial charge in [-0.25, -0.2) is 0 Å². The Morgan fingerprint density at radius 3 is 2.45 bits per heavy atom. The Balaban J connectivity index is 2.15. The lowest BCUT2D eigenvalue weighted by Crippen LogP contribution is -2.22. The topological polar surface area (TPSA) is 9.23 Å². The van der Waals surface area contributed by atoms with Gasteiger partial charge in [0.25, 0.3) is 0 Å². The Morgan fingerprint density at radius 2 is 2.09 bits per heavy atom. The van der Waals surface area contributed by atoms with Gasteiger partial charge in [0.1, 0.15) is 0 Å². The van der Waals surface area contributed by atoms with Gasteiger partial charge in [-0.1, -0.05) is 38.3 Å². The van der Waals surface area contributed by atoms with Crippen LogP contribution in [0.4, 0.5) is 0 Å². The molecule has 2 aliphatic rings. The van der Waals surface area contributed by atoms with Crippen molar-refractivity contribution in [2.45, 2.75) is 35.0 Å². The fraction of sp³-hybridized carbons (Fsp3) is 1.00. The molecule has 1 nitrogen and oxygen atoms in total. The van der Waals surface area contributed by atoms with Crippen molar-refractivity contribution in [3.8, 4) is 0 Å². The molecule has 0 heterocycles. The van der Waals surface area contributed by atoms with Crippen molar-refractivity contribution < 1.29 is 4.74 Å². The Kier molecular flexibility index (Phi) is 1.90. The third-order valence-electron chi connectivity index (χ3n) is 3.13. The Morgan fingerprint density at radius 1 is 1.45 bits per heavy atom. The highest BCUT2D eigenvalue weighted by atomic mass is 79.9. The van der Waals surface area contributed by atoms with Crippen molar-refractivity contribution >= 4 is 31.9 Å². The summed E-state index contributed by atoms with van der Waals surface area (Å²) in [5.41, 5.74) is 0.418. The molecule has 0 aromatic rings. The molecular formula is C8H12Br2O. The van der Waals surface area contributed by atoms with E-state index < -0.39 is 0 Å². The molecule has 2 rings (SSSR count). The molecule has 11 heavy (non-hydrogen) atoms. The van der Waals surface area contributed by atoms with Crippen molar-refractivity contribution in [3.05, 3.63) is 0 Å². The number of halogens is 2. The Bertz CT molecular complexity index is 177. The molecule has 0 N–H and O–H groups in total. The zero-order valence-corrected chi connectivity index (χ0v) is 9.74. The van der Waals surface area contributed by atoms with Crippen LogP contribution < -0.4 is 0 Å². The normalized spacial score (nSPS) is 46.6. The molecule has 1 spiro atoms. The Hall–Kier alpha value is 0.920. The van der Waals surface area contributed by atoms with E-state index in [0.717, 1.165) is 0 Å². The van der Waals surface area contributed by atoms with Crippen LogP contribution in [-0.4, -0.2) is 16.4 Å². The smallest absolute Gasteiger partial charge is 0.0894 e. The second-order valence-corrected chi connectivity index (χ2v) is 7.43. The second kappa shape index (κ2) is 2.46. The summed E-state index contributed by atoms with van der Waals surface area (Å²) in [6.07, 6.45) is 5.55. The summed E-state index contributed by atoms with van der Waals surface area (Å²) in [6, 6.07) is 0. The zero-order valence-electron chi connectivity index (χ0n) is 6.57. The summed E-state index contributed by atoms with van der Waals surface area (Å²) in [6.45, 7) is 0. The lowest BCUT2D eigenvalue weighted by molar-refractivity contribution is 0.0609. The van der Waals surface area contributed by atoms with Gasteiger partial charge in [0, 0.05) is 12.5 Å². The van der Waals surface area contributed by atoms with Crippen molar-refractivity contribution in [2.24, 2.45) is 5.41 Å². The van der Waals surface area contributed by atoms with Gasteiger partial charge >= 0.3 is 0 Å². The van der Waals surface area contributed by atoms with Crippen LogP contribution in [0.15, 0.2) is 0 Å². The molecule has 2 unspecified atom stereocenters.